The van der Waals surface area contributed by atoms with Crippen LogP contribution in [0.1, 0.15) is 31.2 Å². The van der Waals surface area contributed by atoms with Crippen molar-refractivity contribution < 1.29 is 24.4 Å². The van der Waals surface area contributed by atoms with Crippen molar-refractivity contribution in [2.45, 2.75) is 50.5 Å². The van der Waals surface area contributed by atoms with Gasteiger partial charge >= 0.3 is 0 Å². The molecule has 2 aromatic rings. The Kier molecular flexibility index (Phi) is 8.78. The minimum absolute atomic E-state index is 0.152. The van der Waals surface area contributed by atoms with Crippen molar-refractivity contribution in [1.29, 1.82) is 0 Å². The predicted octanol–water partition coefficient (Wildman–Crippen LogP) is 2.97. The van der Waals surface area contributed by atoms with E-state index < -0.39 is 18.2 Å². The van der Waals surface area contributed by atoms with Gasteiger partial charge in [0, 0.05) is 18.7 Å². The highest BCUT2D eigenvalue weighted by Gasteiger charge is 2.34. The van der Waals surface area contributed by atoms with Crippen LogP contribution in [0.5, 0.6) is 0 Å². The second-order valence-corrected chi connectivity index (χ2v) is 7.93. The number of halogens is 1. The Bertz CT molecular complexity index is 773. The maximum absolute atomic E-state index is 14.4. The lowest BCUT2D eigenvalue weighted by atomic mass is 9.96. The number of rotatable bonds is 10. The first-order chi connectivity index (χ1) is 14.6. The Morgan fingerprint density at radius 2 is 1.83 bits per heavy atom. The van der Waals surface area contributed by atoms with Gasteiger partial charge in [-0.3, -0.25) is 4.90 Å². The summed E-state index contributed by atoms with van der Waals surface area (Å²) in [5.41, 5.74) is 2.27. The highest BCUT2D eigenvalue weighted by molar-refractivity contribution is 5.64. The standard InChI is InChI=1S/C24H32FNO4/c25-21-15-18(9-10-20(21)19-7-3-1-4-8-19)17-30-14-6-2-5-12-26-13-11-23(28)24(29)22(26)16-27/h1,3-4,7-10,15,22-24,27-29H,2,5-6,11-14,16-17H2/t22-,23+,24+/m0/s1. The van der Waals surface area contributed by atoms with E-state index in [0.717, 1.165) is 36.9 Å². The molecule has 2 aromatic carbocycles. The molecule has 0 aliphatic carbocycles. The Hall–Kier alpha value is -1.83. The molecule has 3 rings (SSSR count). The zero-order valence-electron chi connectivity index (χ0n) is 17.3. The molecule has 1 aliphatic rings. The van der Waals surface area contributed by atoms with Crippen LogP contribution in [0.15, 0.2) is 48.5 Å². The molecule has 1 heterocycles. The molecular weight excluding hydrogens is 385 g/mol. The van der Waals surface area contributed by atoms with Crippen molar-refractivity contribution in [2.24, 2.45) is 0 Å². The minimum Gasteiger partial charge on any atom is -0.395 e. The van der Waals surface area contributed by atoms with Crippen molar-refractivity contribution in [2.75, 3.05) is 26.3 Å². The Morgan fingerprint density at radius 3 is 2.57 bits per heavy atom. The summed E-state index contributed by atoms with van der Waals surface area (Å²) in [6, 6.07) is 14.3. The number of hydrogen-bond donors (Lipinski definition) is 3. The Labute approximate surface area is 177 Å². The second kappa shape index (κ2) is 11.5. The summed E-state index contributed by atoms with van der Waals surface area (Å²) >= 11 is 0. The van der Waals surface area contributed by atoms with Crippen LogP contribution in [0.25, 0.3) is 11.1 Å². The van der Waals surface area contributed by atoms with Crippen molar-refractivity contribution in [3.8, 4) is 11.1 Å². The van der Waals surface area contributed by atoms with Gasteiger partial charge in [-0.15, -0.1) is 0 Å². The van der Waals surface area contributed by atoms with Crippen LogP contribution in [-0.4, -0.2) is 64.8 Å². The number of nitrogens with zero attached hydrogens (tertiary/aromatic N) is 1. The fourth-order valence-electron chi connectivity index (χ4n) is 3.99. The third-order valence-electron chi connectivity index (χ3n) is 5.78. The molecule has 1 fully saturated rings. The molecule has 0 aromatic heterocycles. The maximum Gasteiger partial charge on any atom is 0.131 e. The molecule has 5 nitrogen and oxygen atoms in total. The van der Waals surface area contributed by atoms with Crippen molar-refractivity contribution >= 4 is 0 Å². The number of aliphatic hydroxyl groups excluding tert-OH is 3. The first kappa shape index (κ1) is 22.8. The number of aliphatic hydroxyl groups is 3. The molecule has 0 bridgehead atoms. The fourth-order valence-corrected chi connectivity index (χ4v) is 3.99. The third-order valence-corrected chi connectivity index (χ3v) is 5.78. The van der Waals surface area contributed by atoms with E-state index in [2.05, 4.69) is 4.90 Å². The van der Waals surface area contributed by atoms with E-state index in [-0.39, 0.29) is 12.4 Å². The summed E-state index contributed by atoms with van der Waals surface area (Å²) in [6.07, 6.45) is 1.69. The predicted molar refractivity (Wildman–Crippen MR) is 114 cm³/mol. The van der Waals surface area contributed by atoms with Gasteiger partial charge in [-0.1, -0.05) is 42.5 Å². The largest absolute Gasteiger partial charge is 0.395 e. The molecular formula is C24H32FNO4. The molecule has 0 unspecified atom stereocenters. The molecule has 3 N–H and O–H groups in total. The number of piperidine rings is 1. The van der Waals surface area contributed by atoms with E-state index in [9.17, 15) is 19.7 Å². The molecule has 0 amide bonds. The minimum atomic E-state index is -0.888. The molecule has 30 heavy (non-hydrogen) atoms. The van der Waals surface area contributed by atoms with E-state index in [0.29, 0.717) is 31.7 Å². The summed E-state index contributed by atoms with van der Waals surface area (Å²) in [5.74, 6) is -0.241. The van der Waals surface area contributed by atoms with Crippen molar-refractivity contribution in [1.82, 2.24) is 4.90 Å². The van der Waals surface area contributed by atoms with E-state index >= 15 is 0 Å². The van der Waals surface area contributed by atoms with Gasteiger partial charge < -0.3 is 20.1 Å². The summed E-state index contributed by atoms with van der Waals surface area (Å²) in [7, 11) is 0. The number of hydrogen-bond acceptors (Lipinski definition) is 5. The summed E-state index contributed by atoms with van der Waals surface area (Å²) in [6.45, 7) is 2.30. The molecule has 1 aliphatic heterocycles. The lowest BCUT2D eigenvalue weighted by Crippen LogP contribution is -2.56. The van der Waals surface area contributed by atoms with Gasteiger partial charge in [-0.25, -0.2) is 4.39 Å². The van der Waals surface area contributed by atoms with Crippen LogP contribution >= 0.6 is 0 Å². The topological polar surface area (TPSA) is 73.2 Å². The highest BCUT2D eigenvalue weighted by Crippen LogP contribution is 2.23. The number of likely N-dealkylation sites (tertiary alicyclic amines) is 1. The Morgan fingerprint density at radius 1 is 1.03 bits per heavy atom. The normalized spacial score (nSPS) is 22.3. The number of unbranched alkanes of at least 4 members (excludes halogenated alkanes) is 2. The molecule has 0 spiro atoms. The van der Waals surface area contributed by atoms with Crippen LogP contribution in [0.2, 0.25) is 0 Å². The van der Waals surface area contributed by atoms with Crippen LogP contribution in [-0.2, 0) is 11.3 Å². The average molecular weight is 418 g/mol. The van der Waals surface area contributed by atoms with Crippen LogP contribution in [0.4, 0.5) is 4.39 Å². The average Bonchev–Trinajstić information content (AvgIpc) is 2.76. The van der Waals surface area contributed by atoms with Gasteiger partial charge in [0.2, 0.25) is 0 Å². The van der Waals surface area contributed by atoms with Gasteiger partial charge in [-0.05, 0) is 49.4 Å². The first-order valence-electron chi connectivity index (χ1n) is 10.7. The highest BCUT2D eigenvalue weighted by atomic mass is 19.1. The molecule has 3 atom stereocenters. The zero-order valence-corrected chi connectivity index (χ0v) is 17.3. The molecule has 6 heteroatoms. The van der Waals surface area contributed by atoms with Gasteiger partial charge in [0.25, 0.3) is 0 Å². The number of benzene rings is 2. The zero-order chi connectivity index (χ0) is 21.3. The molecule has 1 saturated heterocycles. The molecule has 164 valence electrons. The van der Waals surface area contributed by atoms with Crippen LogP contribution in [0, 0.1) is 5.82 Å². The van der Waals surface area contributed by atoms with Crippen LogP contribution < -0.4 is 0 Å². The van der Waals surface area contributed by atoms with E-state index in [4.69, 9.17) is 4.74 Å². The van der Waals surface area contributed by atoms with E-state index in [1.165, 1.54) is 6.07 Å². The second-order valence-electron chi connectivity index (χ2n) is 7.93. The molecule has 0 saturated carbocycles. The SMILES string of the molecule is OC[C@H]1[C@@H](O)[C@H](O)CCN1CCCCCOCc1ccc(-c2ccccc2)c(F)c1. The monoisotopic (exact) mass is 417 g/mol. The quantitative estimate of drug-likeness (QED) is 0.519. The van der Waals surface area contributed by atoms with Crippen molar-refractivity contribution in [3.05, 3.63) is 59.9 Å². The smallest absolute Gasteiger partial charge is 0.131 e. The summed E-state index contributed by atoms with van der Waals surface area (Å²) < 4.78 is 20.1. The van der Waals surface area contributed by atoms with Gasteiger partial charge in [0.15, 0.2) is 0 Å². The third kappa shape index (κ3) is 6.09. The molecule has 0 radical (unpaired) electrons. The Balaban J connectivity index is 1.33. The van der Waals surface area contributed by atoms with Gasteiger partial charge in [0.1, 0.15) is 5.82 Å². The van der Waals surface area contributed by atoms with E-state index in [1.807, 2.05) is 36.4 Å². The summed E-state index contributed by atoms with van der Waals surface area (Å²) in [4.78, 5) is 2.05. The summed E-state index contributed by atoms with van der Waals surface area (Å²) in [5, 5.41) is 29.2. The van der Waals surface area contributed by atoms with Gasteiger partial charge in [0.05, 0.1) is 31.5 Å². The number of ether oxygens (including phenoxy) is 1. The van der Waals surface area contributed by atoms with E-state index in [1.54, 1.807) is 6.07 Å². The van der Waals surface area contributed by atoms with Crippen LogP contribution in [0.3, 0.4) is 0 Å². The maximum atomic E-state index is 14.4. The van der Waals surface area contributed by atoms with Crippen molar-refractivity contribution in [3.63, 3.8) is 0 Å². The lowest BCUT2D eigenvalue weighted by molar-refractivity contribution is -0.0897. The van der Waals surface area contributed by atoms with Gasteiger partial charge in [-0.2, -0.15) is 0 Å². The fraction of sp³-hybridized carbons (Fsp3) is 0.500. The first-order valence-corrected chi connectivity index (χ1v) is 10.7. The lowest BCUT2D eigenvalue weighted by Gasteiger charge is -2.40.